The van der Waals surface area contributed by atoms with Crippen LogP contribution in [-0.2, 0) is 11.3 Å². The van der Waals surface area contributed by atoms with Crippen LogP contribution in [0.25, 0.3) is 27.8 Å². The summed E-state index contributed by atoms with van der Waals surface area (Å²) < 4.78 is 18.0. The van der Waals surface area contributed by atoms with Crippen molar-refractivity contribution in [1.29, 1.82) is 0 Å². The van der Waals surface area contributed by atoms with E-state index < -0.39 is 5.82 Å². The van der Waals surface area contributed by atoms with Gasteiger partial charge in [-0.2, -0.15) is 10.2 Å². The zero-order chi connectivity index (χ0) is 19.0. The third-order valence-corrected chi connectivity index (χ3v) is 4.25. The number of hydrogen-bond donors (Lipinski definition) is 2. The second-order valence-corrected chi connectivity index (χ2v) is 5.98. The van der Waals surface area contributed by atoms with Crippen molar-refractivity contribution in [2.24, 2.45) is 0 Å². The van der Waals surface area contributed by atoms with E-state index in [1.54, 1.807) is 23.8 Å². The van der Waals surface area contributed by atoms with Crippen LogP contribution in [0.2, 0.25) is 0 Å². The van der Waals surface area contributed by atoms with Gasteiger partial charge in [-0.1, -0.05) is 13.0 Å². The van der Waals surface area contributed by atoms with E-state index in [1.165, 1.54) is 10.7 Å². The average Bonchev–Trinajstić information content (AvgIpc) is 3.23. The zero-order valence-corrected chi connectivity index (χ0v) is 14.6. The van der Waals surface area contributed by atoms with Crippen molar-refractivity contribution in [1.82, 2.24) is 24.4 Å². The van der Waals surface area contributed by atoms with Gasteiger partial charge in [0, 0.05) is 18.2 Å². The van der Waals surface area contributed by atoms with Gasteiger partial charge in [0.15, 0.2) is 17.3 Å². The van der Waals surface area contributed by atoms with Crippen molar-refractivity contribution in [3.05, 3.63) is 42.5 Å². The molecule has 0 spiro atoms. The molecule has 0 aliphatic rings. The molecule has 0 saturated heterocycles. The molecule has 0 aromatic carbocycles. The van der Waals surface area contributed by atoms with Crippen molar-refractivity contribution < 1.29 is 14.3 Å². The number of carbonyl (C=O) groups excluding carboxylic acids is 1. The molecule has 0 unspecified atom stereocenters. The predicted molar refractivity (Wildman–Crippen MR) is 97.7 cm³/mol. The molecule has 0 radical (unpaired) electrons. The highest BCUT2D eigenvalue weighted by Crippen LogP contribution is 2.30. The minimum atomic E-state index is -0.545. The van der Waals surface area contributed by atoms with Gasteiger partial charge in [0.2, 0.25) is 5.91 Å². The number of amides is 1. The fraction of sp³-hybridized carbons (Fsp3) is 0.222. The number of nitrogens with one attached hydrogen (secondary N) is 1. The summed E-state index contributed by atoms with van der Waals surface area (Å²) in [6.45, 7) is 1.72. The van der Waals surface area contributed by atoms with Crippen LogP contribution in [-0.4, -0.2) is 42.0 Å². The molecule has 4 aromatic heterocycles. The maximum atomic E-state index is 14.9. The summed E-state index contributed by atoms with van der Waals surface area (Å²) in [6.07, 6.45) is 3.59. The number of pyridine rings is 2. The van der Waals surface area contributed by atoms with Crippen molar-refractivity contribution in [3.63, 3.8) is 0 Å². The van der Waals surface area contributed by atoms with Gasteiger partial charge < -0.3 is 10.4 Å². The Hall–Kier alpha value is -3.33. The van der Waals surface area contributed by atoms with E-state index in [9.17, 15) is 14.3 Å². The predicted octanol–water partition coefficient (Wildman–Crippen LogP) is 2.23. The Morgan fingerprint density at radius 1 is 1.37 bits per heavy atom. The number of carbonyl (C=O) groups is 1. The molecule has 0 aliphatic carbocycles. The maximum Gasteiger partial charge on any atom is 0.225 e. The first-order chi connectivity index (χ1) is 13.1. The Bertz CT molecular complexity index is 1150. The number of aliphatic hydroxyl groups is 1. The van der Waals surface area contributed by atoms with Crippen LogP contribution in [0.5, 0.6) is 0 Å². The lowest BCUT2D eigenvalue weighted by Crippen LogP contribution is -2.11. The molecular formula is C18H17FN6O2. The number of aliphatic hydroxyl groups excluding tert-OH is 1. The van der Waals surface area contributed by atoms with E-state index >= 15 is 0 Å². The standard InChI is InChI=1S/C18H17FN6O2/c1-2-15(27)21-17-11-9-13(19)16(22-18(11)25(23-17)7-8-26)12-10-20-24-6-4-3-5-14(12)24/h3-6,9-10,26H,2,7-8H2,1H3,(H,21,23,27). The summed E-state index contributed by atoms with van der Waals surface area (Å²) in [4.78, 5) is 16.2. The minimum Gasteiger partial charge on any atom is -0.394 e. The normalized spacial score (nSPS) is 11.4. The molecule has 4 heterocycles. The van der Waals surface area contributed by atoms with Crippen LogP contribution >= 0.6 is 0 Å². The van der Waals surface area contributed by atoms with E-state index in [4.69, 9.17) is 0 Å². The van der Waals surface area contributed by atoms with E-state index in [0.29, 0.717) is 16.6 Å². The SMILES string of the molecule is CCC(=O)Nc1nn(CCO)c2nc(-c3cnn4ccccc34)c(F)cc12. The molecule has 138 valence electrons. The Labute approximate surface area is 153 Å². The van der Waals surface area contributed by atoms with E-state index in [-0.39, 0.29) is 37.0 Å². The van der Waals surface area contributed by atoms with Gasteiger partial charge in [-0.25, -0.2) is 18.6 Å². The molecule has 8 nitrogen and oxygen atoms in total. The topological polar surface area (TPSA) is 97.3 Å². The van der Waals surface area contributed by atoms with Crippen LogP contribution < -0.4 is 5.32 Å². The molecular weight excluding hydrogens is 351 g/mol. The second-order valence-electron chi connectivity index (χ2n) is 5.98. The molecule has 0 bridgehead atoms. The Kier molecular flexibility index (Phi) is 4.28. The van der Waals surface area contributed by atoms with Gasteiger partial charge in [-0.05, 0) is 18.2 Å². The zero-order valence-electron chi connectivity index (χ0n) is 14.6. The lowest BCUT2D eigenvalue weighted by atomic mass is 10.1. The molecule has 2 N–H and O–H groups in total. The summed E-state index contributed by atoms with van der Waals surface area (Å²) >= 11 is 0. The largest absolute Gasteiger partial charge is 0.394 e. The van der Waals surface area contributed by atoms with E-state index in [1.807, 2.05) is 18.2 Å². The second kappa shape index (κ2) is 6.76. The van der Waals surface area contributed by atoms with Crippen LogP contribution in [0.3, 0.4) is 0 Å². The number of fused-ring (bicyclic) bond motifs is 2. The molecule has 4 rings (SSSR count). The number of anilines is 1. The molecule has 4 aromatic rings. The van der Waals surface area contributed by atoms with Gasteiger partial charge in [0.05, 0.1) is 30.3 Å². The highest BCUT2D eigenvalue weighted by molar-refractivity contribution is 5.99. The lowest BCUT2D eigenvalue weighted by Gasteiger charge is -2.04. The molecule has 0 fully saturated rings. The summed E-state index contributed by atoms with van der Waals surface area (Å²) in [5.41, 5.74) is 1.78. The fourth-order valence-electron chi connectivity index (χ4n) is 2.94. The van der Waals surface area contributed by atoms with Crippen LogP contribution in [0.1, 0.15) is 13.3 Å². The third-order valence-electron chi connectivity index (χ3n) is 4.25. The number of rotatable bonds is 5. The fourth-order valence-corrected chi connectivity index (χ4v) is 2.94. The van der Waals surface area contributed by atoms with Crippen molar-refractivity contribution in [2.45, 2.75) is 19.9 Å². The molecule has 1 amide bonds. The maximum absolute atomic E-state index is 14.9. The van der Waals surface area contributed by atoms with Crippen molar-refractivity contribution >= 4 is 28.3 Å². The van der Waals surface area contributed by atoms with E-state index in [2.05, 4.69) is 20.5 Å². The number of halogens is 1. The Morgan fingerprint density at radius 2 is 2.22 bits per heavy atom. The van der Waals surface area contributed by atoms with Crippen LogP contribution in [0, 0.1) is 5.82 Å². The first kappa shape index (κ1) is 17.1. The van der Waals surface area contributed by atoms with Crippen LogP contribution in [0.4, 0.5) is 10.2 Å². The Morgan fingerprint density at radius 3 is 3.00 bits per heavy atom. The summed E-state index contributed by atoms with van der Waals surface area (Å²) in [6, 6.07) is 6.79. The van der Waals surface area contributed by atoms with Gasteiger partial charge in [-0.3, -0.25) is 4.79 Å². The number of aromatic nitrogens is 5. The highest BCUT2D eigenvalue weighted by atomic mass is 19.1. The average molecular weight is 368 g/mol. The molecule has 0 saturated carbocycles. The van der Waals surface area contributed by atoms with E-state index in [0.717, 1.165) is 5.52 Å². The van der Waals surface area contributed by atoms with Gasteiger partial charge in [0.25, 0.3) is 0 Å². The van der Waals surface area contributed by atoms with Crippen molar-refractivity contribution in [2.75, 3.05) is 11.9 Å². The summed E-state index contributed by atoms with van der Waals surface area (Å²) in [5, 5.41) is 20.8. The first-order valence-electron chi connectivity index (χ1n) is 8.53. The Balaban J connectivity index is 1.92. The summed E-state index contributed by atoms with van der Waals surface area (Å²) in [5.74, 6) is -0.558. The third kappa shape index (κ3) is 2.91. The van der Waals surface area contributed by atoms with Gasteiger partial charge in [-0.15, -0.1) is 0 Å². The number of nitrogens with zero attached hydrogens (tertiary/aromatic N) is 5. The quantitative estimate of drug-likeness (QED) is 0.563. The van der Waals surface area contributed by atoms with Crippen molar-refractivity contribution in [3.8, 4) is 11.3 Å². The molecule has 9 heteroatoms. The van der Waals surface area contributed by atoms with Gasteiger partial charge >= 0.3 is 0 Å². The minimum absolute atomic E-state index is 0.135. The van der Waals surface area contributed by atoms with Gasteiger partial charge in [0.1, 0.15) is 5.69 Å². The van der Waals surface area contributed by atoms with Crippen LogP contribution in [0.15, 0.2) is 36.7 Å². The molecule has 0 aliphatic heterocycles. The molecule has 0 atom stereocenters. The first-order valence-corrected chi connectivity index (χ1v) is 8.53. The number of hydrogen-bond acceptors (Lipinski definition) is 5. The highest BCUT2D eigenvalue weighted by Gasteiger charge is 2.20. The lowest BCUT2D eigenvalue weighted by molar-refractivity contribution is -0.115. The monoisotopic (exact) mass is 368 g/mol. The summed E-state index contributed by atoms with van der Waals surface area (Å²) in [7, 11) is 0. The molecule has 27 heavy (non-hydrogen) atoms. The smallest absolute Gasteiger partial charge is 0.225 e.